The molecule has 0 amide bonds. The summed E-state index contributed by atoms with van der Waals surface area (Å²) < 4.78 is 2.93. The SMILES string of the molecule is CCCCCC(C)C(C)N(P(c1ccccc1)c1ccccc1)P(c1ccccc1)c1ccccc1. The average molecular weight is 512 g/mol. The summed E-state index contributed by atoms with van der Waals surface area (Å²) in [6.45, 7) is 7.26. The second-order valence-corrected chi connectivity index (χ2v) is 14.0. The number of rotatable bonds is 12. The van der Waals surface area contributed by atoms with E-state index in [4.69, 9.17) is 0 Å². The summed E-state index contributed by atoms with van der Waals surface area (Å²) in [6, 6.07) is 45.3. The van der Waals surface area contributed by atoms with Crippen LogP contribution >= 0.6 is 16.1 Å². The Morgan fingerprint density at radius 1 is 0.528 bits per heavy atom. The highest BCUT2D eigenvalue weighted by Gasteiger charge is 2.36. The van der Waals surface area contributed by atoms with Crippen molar-refractivity contribution in [2.45, 2.75) is 52.5 Å². The number of hydrogen-bond acceptors (Lipinski definition) is 1. The Balaban J connectivity index is 1.90. The summed E-state index contributed by atoms with van der Waals surface area (Å²) in [4.78, 5) is 0. The summed E-state index contributed by atoms with van der Waals surface area (Å²) >= 11 is 0. The number of benzene rings is 4. The molecule has 0 aliphatic carbocycles. The highest BCUT2D eigenvalue weighted by molar-refractivity contribution is 7.84. The van der Waals surface area contributed by atoms with Crippen LogP contribution in [0.25, 0.3) is 0 Å². The van der Waals surface area contributed by atoms with E-state index in [9.17, 15) is 0 Å². The van der Waals surface area contributed by atoms with Gasteiger partial charge in [-0.1, -0.05) is 154 Å². The van der Waals surface area contributed by atoms with Crippen molar-refractivity contribution in [1.29, 1.82) is 0 Å². The molecule has 186 valence electrons. The van der Waals surface area contributed by atoms with Crippen LogP contribution in [0.5, 0.6) is 0 Å². The van der Waals surface area contributed by atoms with Crippen molar-refractivity contribution >= 4 is 37.4 Å². The number of nitrogens with zero attached hydrogens (tertiary/aromatic N) is 1. The lowest BCUT2D eigenvalue weighted by Gasteiger charge is -2.45. The van der Waals surface area contributed by atoms with Gasteiger partial charge in [0.15, 0.2) is 0 Å². The maximum atomic E-state index is 2.93. The molecule has 0 saturated heterocycles. The van der Waals surface area contributed by atoms with Crippen molar-refractivity contribution in [3.05, 3.63) is 121 Å². The predicted molar refractivity (Wildman–Crippen MR) is 163 cm³/mol. The number of hydrogen-bond donors (Lipinski definition) is 0. The van der Waals surface area contributed by atoms with E-state index in [0.717, 1.165) is 0 Å². The molecule has 0 aromatic heterocycles. The standard InChI is InChI=1S/C33H39NP2/c1-4-5-10-19-28(2)29(3)34(35(30-20-11-6-12-21-30)31-22-13-7-14-23-31)36(32-24-15-8-16-25-32)33-26-17-9-18-27-33/h6-9,11-18,20-29H,4-5,10,19H2,1-3H3. The van der Waals surface area contributed by atoms with Crippen LogP contribution in [0, 0.1) is 5.92 Å². The third-order valence-electron chi connectivity index (χ3n) is 6.86. The third-order valence-corrected chi connectivity index (χ3v) is 12.6. The molecule has 3 heteroatoms. The molecular formula is C33H39NP2. The smallest absolute Gasteiger partial charge is 0.0325 e. The summed E-state index contributed by atoms with van der Waals surface area (Å²) in [6.07, 6.45) is 5.16. The molecule has 4 aromatic rings. The van der Waals surface area contributed by atoms with E-state index in [1.165, 1.54) is 46.9 Å². The molecule has 4 aromatic carbocycles. The van der Waals surface area contributed by atoms with Crippen LogP contribution in [0.4, 0.5) is 0 Å². The van der Waals surface area contributed by atoms with Crippen molar-refractivity contribution < 1.29 is 0 Å². The van der Waals surface area contributed by atoms with Crippen molar-refractivity contribution in [3.63, 3.8) is 0 Å². The lowest BCUT2D eigenvalue weighted by atomic mass is 9.97. The van der Waals surface area contributed by atoms with E-state index < -0.39 is 16.1 Å². The molecule has 36 heavy (non-hydrogen) atoms. The molecule has 2 atom stereocenters. The van der Waals surface area contributed by atoms with Crippen LogP contribution in [0.3, 0.4) is 0 Å². The summed E-state index contributed by atoms with van der Waals surface area (Å²) in [5.41, 5.74) is 0. The van der Waals surface area contributed by atoms with Gasteiger partial charge in [0.2, 0.25) is 0 Å². The van der Waals surface area contributed by atoms with Gasteiger partial charge in [-0.25, -0.2) is 4.44 Å². The molecular weight excluding hydrogens is 472 g/mol. The molecule has 0 N–H and O–H groups in total. The van der Waals surface area contributed by atoms with Gasteiger partial charge in [0, 0.05) is 22.2 Å². The average Bonchev–Trinajstić information content (AvgIpc) is 2.94. The van der Waals surface area contributed by atoms with Gasteiger partial charge in [-0.15, -0.1) is 0 Å². The summed E-state index contributed by atoms with van der Waals surface area (Å²) in [5, 5.41) is 5.69. The first-order valence-electron chi connectivity index (χ1n) is 13.3. The Morgan fingerprint density at radius 3 is 1.17 bits per heavy atom. The minimum absolute atomic E-state index is 0.430. The fraction of sp³-hybridized carbons (Fsp3) is 0.273. The van der Waals surface area contributed by atoms with Crippen LogP contribution in [-0.4, -0.2) is 10.5 Å². The second-order valence-electron chi connectivity index (χ2n) is 9.50. The Bertz CT molecular complexity index is 973. The van der Waals surface area contributed by atoms with Crippen LogP contribution in [0.2, 0.25) is 0 Å². The molecule has 0 radical (unpaired) electrons. The third kappa shape index (κ3) is 6.72. The Hall–Kier alpha value is -2.30. The first-order chi connectivity index (χ1) is 17.7. The quantitative estimate of drug-likeness (QED) is 0.138. The lowest BCUT2D eigenvalue weighted by Crippen LogP contribution is -2.40. The fourth-order valence-electron chi connectivity index (χ4n) is 4.69. The molecule has 0 spiro atoms. The maximum Gasteiger partial charge on any atom is 0.0325 e. The molecule has 0 fully saturated rings. The monoisotopic (exact) mass is 511 g/mol. The van der Waals surface area contributed by atoms with E-state index in [2.05, 4.69) is 147 Å². The first kappa shape index (κ1) is 26.8. The van der Waals surface area contributed by atoms with Gasteiger partial charge in [-0.05, 0) is 40.5 Å². The van der Waals surface area contributed by atoms with Crippen LogP contribution in [-0.2, 0) is 0 Å². The van der Waals surface area contributed by atoms with Crippen LogP contribution < -0.4 is 21.2 Å². The zero-order chi connectivity index (χ0) is 25.2. The minimum atomic E-state index is -0.729. The molecule has 0 heterocycles. The highest BCUT2D eigenvalue weighted by atomic mass is 31.2. The molecule has 1 nitrogen and oxygen atoms in total. The predicted octanol–water partition coefficient (Wildman–Crippen LogP) is 7.99. The van der Waals surface area contributed by atoms with Crippen molar-refractivity contribution in [2.75, 3.05) is 0 Å². The van der Waals surface area contributed by atoms with Gasteiger partial charge in [0.05, 0.1) is 0 Å². The minimum Gasteiger partial charge on any atom is -0.242 e. The van der Waals surface area contributed by atoms with Gasteiger partial charge in [0.25, 0.3) is 0 Å². The van der Waals surface area contributed by atoms with E-state index in [0.29, 0.717) is 12.0 Å². The largest absolute Gasteiger partial charge is 0.242 e. The summed E-state index contributed by atoms with van der Waals surface area (Å²) in [7, 11) is -1.46. The normalized spacial score (nSPS) is 13.3. The highest BCUT2D eigenvalue weighted by Crippen LogP contribution is 2.57. The van der Waals surface area contributed by atoms with E-state index >= 15 is 0 Å². The van der Waals surface area contributed by atoms with Crippen molar-refractivity contribution in [3.8, 4) is 0 Å². The second kappa shape index (κ2) is 13.9. The maximum absolute atomic E-state index is 2.93. The Morgan fingerprint density at radius 2 is 0.861 bits per heavy atom. The van der Waals surface area contributed by atoms with Gasteiger partial charge in [-0.2, -0.15) is 0 Å². The van der Waals surface area contributed by atoms with E-state index in [1.54, 1.807) is 0 Å². The first-order valence-corrected chi connectivity index (χ1v) is 15.9. The van der Waals surface area contributed by atoms with Gasteiger partial charge >= 0.3 is 0 Å². The molecule has 2 unspecified atom stereocenters. The van der Waals surface area contributed by atoms with Gasteiger partial charge in [0.1, 0.15) is 0 Å². The van der Waals surface area contributed by atoms with E-state index in [-0.39, 0.29) is 0 Å². The summed E-state index contributed by atoms with van der Waals surface area (Å²) in [5.74, 6) is 0.603. The molecule has 0 aliphatic heterocycles. The Kier molecular flexibility index (Phi) is 10.3. The topological polar surface area (TPSA) is 3.24 Å². The van der Waals surface area contributed by atoms with Crippen molar-refractivity contribution in [1.82, 2.24) is 4.44 Å². The molecule has 0 saturated carbocycles. The fourth-order valence-corrected chi connectivity index (χ4v) is 11.2. The zero-order valence-corrected chi connectivity index (χ0v) is 23.7. The lowest BCUT2D eigenvalue weighted by molar-refractivity contribution is 0.350. The number of unbranched alkanes of at least 4 members (excludes halogenated alkanes) is 2. The Labute approximate surface area is 221 Å². The zero-order valence-electron chi connectivity index (χ0n) is 21.9. The molecule has 4 rings (SSSR count). The van der Waals surface area contributed by atoms with Crippen LogP contribution in [0.1, 0.15) is 46.5 Å². The van der Waals surface area contributed by atoms with E-state index in [1.807, 2.05) is 0 Å². The van der Waals surface area contributed by atoms with Crippen molar-refractivity contribution in [2.24, 2.45) is 5.92 Å². The molecule has 0 bridgehead atoms. The van der Waals surface area contributed by atoms with Gasteiger partial charge in [-0.3, -0.25) is 0 Å². The van der Waals surface area contributed by atoms with Gasteiger partial charge < -0.3 is 0 Å². The van der Waals surface area contributed by atoms with Crippen LogP contribution in [0.15, 0.2) is 121 Å². The molecule has 0 aliphatic rings.